The Bertz CT molecular complexity index is 1590. The van der Waals surface area contributed by atoms with Crippen molar-refractivity contribution in [3.8, 4) is 0 Å². The normalized spacial score (nSPS) is 13.8. The number of allylic oxidation sites excluding steroid dienone is 18. The van der Waals surface area contributed by atoms with Crippen molar-refractivity contribution in [1.82, 2.24) is 0 Å². The first-order chi connectivity index (χ1) is 36.8. The van der Waals surface area contributed by atoms with Gasteiger partial charge in [-0.25, -0.2) is 4.57 Å². The van der Waals surface area contributed by atoms with E-state index >= 15 is 0 Å². The second kappa shape index (κ2) is 59.9. The van der Waals surface area contributed by atoms with E-state index in [4.69, 9.17) is 24.3 Å². The summed E-state index contributed by atoms with van der Waals surface area (Å²) in [5.41, 5.74) is 5.38. The highest BCUT2D eigenvalue weighted by molar-refractivity contribution is 7.47. The standard InChI is InChI=1S/C65H112NO8P/c1-3-5-7-9-11-13-15-17-19-21-23-25-26-27-28-29-30-31-32-33-34-35-36-38-39-41-43-45-47-49-51-53-55-57-64(67)71-61-63(62-73-75(69,70)72-60-59-66)74-65(68)58-56-54-52-50-48-46-44-42-40-37-24-22-20-18-16-14-12-10-8-6-4-2/h6,8,12,14-15,17-18,20-21,23-24,26-27,37,42,44,48,50,63H,3-5,7,9-11,13,16,19,22,25,28-36,38-41,43,45-47,49,51-62,66H2,1-2H3,(H,69,70)/b8-6-,14-12-,17-15-,20-18-,23-21-,27-26-,37-24-,44-42-,50-48-. The largest absolute Gasteiger partial charge is 0.472 e. The van der Waals surface area contributed by atoms with Gasteiger partial charge in [-0.1, -0.05) is 252 Å². The average molecular weight is 1070 g/mol. The molecule has 0 aliphatic carbocycles. The van der Waals surface area contributed by atoms with Crippen molar-refractivity contribution in [3.05, 3.63) is 109 Å². The monoisotopic (exact) mass is 1070 g/mol. The third-order valence-corrected chi connectivity index (χ3v) is 13.6. The molecule has 2 unspecified atom stereocenters. The summed E-state index contributed by atoms with van der Waals surface area (Å²) in [5, 5.41) is 0. The molecule has 0 aromatic heterocycles. The third kappa shape index (κ3) is 59.8. The highest BCUT2D eigenvalue weighted by Gasteiger charge is 2.26. The van der Waals surface area contributed by atoms with Crippen LogP contribution in [0.5, 0.6) is 0 Å². The van der Waals surface area contributed by atoms with Crippen LogP contribution in [-0.2, 0) is 32.7 Å². The zero-order chi connectivity index (χ0) is 54.5. The van der Waals surface area contributed by atoms with Crippen LogP contribution < -0.4 is 5.73 Å². The first-order valence-electron chi connectivity index (χ1n) is 30.4. The predicted octanol–water partition coefficient (Wildman–Crippen LogP) is 19.4. The molecule has 10 heteroatoms. The summed E-state index contributed by atoms with van der Waals surface area (Å²) in [6, 6.07) is 0. The minimum absolute atomic E-state index is 0.0413. The van der Waals surface area contributed by atoms with Crippen LogP contribution in [0.3, 0.4) is 0 Å². The van der Waals surface area contributed by atoms with Crippen LogP contribution in [0.15, 0.2) is 109 Å². The van der Waals surface area contributed by atoms with Crippen LogP contribution >= 0.6 is 7.82 Å². The van der Waals surface area contributed by atoms with Gasteiger partial charge in [-0.05, 0) is 103 Å². The smallest absolute Gasteiger partial charge is 0.462 e. The molecule has 0 aliphatic heterocycles. The topological polar surface area (TPSA) is 134 Å². The van der Waals surface area contributed by atoms with E-state index < -0.39 is 32.5 Å². The Labute approximate surface area is 460 Å². The number of esters is 2. The van der Waals surface area contributed by atoms with E-state index in [1.165, 1.54) is 141 Å². The molecule has 75 heavy (non-hydrogen) atoms. The molecule has 0 saturated heterocycles. The summed E-state index contributed by atoms with van der Waals surface area (Å²) >= 11 is 0. The van der Waals surface area contributed by atoms with Crippen LogP contribution in [0.1, 0.15) is 258 Å². The first-order valence-corrected chi connectivity index (χ1v) is 31.9. The van der Waals surface area contributed by atoms with Crippen molar-refractivity contribution in [2.45, 2.75) is 264 Å². The number of hydrogen-bond acceptors (Lipinski definition) is 8. The molecule has 0 amide bonds. The fourth-order valence-corrected chi connectivity index (χ4v) is 8.94. The molecule has 0 spiro atoms. The highest BCUT2D eigenvalue weighted by Crippen LogP contribution is 2.43. The third-order valence-electron chi connectivity index (χ3n) is 12.6. The highest BCUT2D eigenvalue weighted by atomic mass is 31.2. The number of carbonyl (C=O) groups excluding carboxylic acids is 2. The van der Waals surface area contributed by atoms with Crippen LogP contribution in [0.4, 0.5) is 0 Å². The van der Waals surface area contributed by atoms with Gasteiger partial charge in [-0.3, -0.25) is 18.6 Å². The maximum absolute atomic E-state index is 12.7. The Morgan fingerprint density at radius 2 is 0.733 bits per heavy atom. The quantitative estimate of drug-likeness (QED) is 0.0264. The zero-order valence-corrected chi connectivity index (χ0v) is 48.9. The molecule has 430 valence electrons. The lowest BCUT2D eigenvalue weighted by atomic mass is 10.0. The second-order valence-corrected chi connectivity index (χ2v) is 21.3. The summed E-state index contributed by atoms with van der Waals surface area (Å²) < 4.78 is 33.0. The number of carbonyl (C=O) groups is 2. The molecule has 0 aliphatic rings. The number of unbranched alkanes of at least 4 members (excludes halogenated alkanes) is 25. The molecule has 9 nitrogen and oxygen atoms in total. The summed E-state index contributed by atoms with van der Waals surface area (Å²) in [6.07, 6.45) is 81.6. The summed E-state index contributed by atoms with van der Waals surface area (Å²) in [5.74, 6) is -0.879. The summed E-state index contributed by atoms with van der Waals surface area (Å²) in [6.45, 7) is 3.57. The van der Waals surface area contributed by atoms with Crippen molar-refractivity contribution in [3.63, 3.8) is 0 Å². The Morgan fingerprint density at radius 3 is 1.12 bits per heavy atom. The number of ether oxygens (including phenoxy) is 2. The van der Waals surface area contributed by atoms with Gasteiger partial charge >= 0.3 is 19.8 Å². The van der Waals surface area contributed by atoms with Gasteiger partial charge < -0.3 is 20.1 Å². The maximum Gasteiger partial charge on any atom is 0.472 e. The van der Waals surface area contributed by atoms with Gasteiger partial charge in [0, 0.05) is 19.4 Å². The van der Waals surface area contributed by atoms with Crippen molar-refractivity contribution in [2.24, 2.45) is 5.73 Å². The minimum Gasteiger partial charge on any atom is -0.462 e. The van der Waals surface area contributed by atoms with E-state index in [0.717, 1.165) is 83.5 Å². The molecule has 0 heterocycles. The van der Waals surface area contributed by atoms with Crippen molar-refractivity contribution >= 4 is 19.8 Å². The van der Waals surface area contributed by atoms with Crippen LogP contribution in [0.2, 0.25) is 0 Å². The van der Waals surface area contributed by atoms with Gasteiger partial charge in [0.05, 0.1) is 13.2 Å². The number of phosphoric ester groups is 1. The fraction of sp³-hybridized carbons (Fsp3) is 0.692. The van der Waals surface area contributed by atoms with E-state index in [0.29, 0.717) is 6.42 Å². The SMILES string of the molecule is CC/C=C\C/C=C\C/C=C\C/C=C\C/C=C\C/C=C\CCCCC(=O)OC(COC(=O)CCCCCCCCCCCCCCCCCCCC/C=C\C/C=C\C/C=C\CCCCCCC)COP(=O)(O)OCCN. The molecule has 0 aromatic carbocycles. The number of hydrogen-bond donors (Lipinski definition) is 2. The lowest BCUT2D eigenvalue weighted by Gasteiger charge is -2.19. The first kappa shape index (κ1) is 71.7. The van der Waals surface area contributed by atoms with E-state index in [-0.39, 0.29) is 32.6 Å². The number of nitrogens with two attached hydrogens (primary N) is 1. The molecule has 0 saturated carbocycles. The van der Waals surface area contributed by atoms with Gasteiger partial charge in [0.15, 0.2) is 6.10 Å². The molecule has 0 fully saturated rings. The number of phosphoric acid groups is 1. The molecular weight excluding hydrogens is 954 g/mol. The van der Waals surface area contributed by atoms with Crippen LogP contribution in [0.25, 0.3) is 0 Å². The van der Waals surface area contributed by atoms with E-state index in [2.05, 4.69) is 123 Å². The lowest BCUT2D eigenvalue weighted by Crippen LogP contribution is -2.29. The van der Waals surface area contributed by atoms with Crippen LogP contribution in [-0.4, -0.2) is 49.3 Å². The van der Waals surface area contributed by atoms with Crippen molar-refractivity contribution in [2.75, 3.05) is 26.4 Å². The van der Waals surface area contributed by atoms with E-state index in [1.54, 1.807) is 0 Å². The molecule has 0 rings (SSSR count). The van der Waals surface area contributed by atoms with Gasteiger partial charge in [-0.15, -0.1) is 0 Å². The van der Waals surface area contributed by atoms with Gasteiger partial charge in [-0.2, -0.15) is 0 Å². The lowest BCUT2D eigenvalue weighted by molar-refractivity contribution is -0.161. The molecular formula is C65H112NO8P. The summed E-state index contributed by atoms with van der Waals surface area (Å²) in [7, 11) is -4.41. The van der Waals surface area contributed by atoms with Crippen molar-refractivity contribution in [1.29, 1.82) is 0 Å². The zero-order valence-electron chi connectivity index (χ0n) is 48.0. The minimum atomic E-state index is -4.41. The number of rotatable bonds is 56. The Balaban J connectivity index is 3.97. The second-order valence-electron chi connectivity index (χ2n) is 19.8. The summed E-state index contributed by atoms with van der Waals surface area (Å²) in [4.78, 5) is 35.2. The van der Waals surface area contributed by atoms with E-state index in [9.17, 15) is 19.0 Å². The van der Waals surface area contributed by atoms with Gasteiger partial charge in [0.1, 0.15) is 6.61 Å². The molecule has 3 N–H and O–H groups in total. The van der Waals surface area contributed by atoms with Gasteiger partial charge in [0.25, 0.3) is 0 Å². The van der Waals surface area contributed by atoms with E-state index in [1.807, 2.05) is 0 Å². The molecule has 0 aromatic rings. The Hall–Kier alpha value is -3.33. The van der Waals surface area contributed by atoms with Crippen molar-refractivity contribution < 1.29 is 37.6 Å². The Morgan fingerprint density at radius 1 is 0.413 bits per heavy atom. The Kier molecular flexibility index (Phi) is 57.2. The maximum atomic E-state index is 12.7. The fourth-order valence-electron chi connectivity index (χ4n) is 8.18. The van der Waals surface area contributed by atoms with Gasteiger partial charge in [0.2, 0.25) is 0 Å². The molecule has 2 atom stereocenters. The molecule has 0 radical (unpaired) electrons. The van der Waals surface area contributed by atoms with Crippen LogP contribution in [0, 0.1) is 0 Å². The molecule has 0 bridgehead atoms. The average Bonchev–Trinajstić information content (AvgIpc) is 3.40. The predicted molar refractivity (Wildman–Crippen MR) is 321 cm³/mol.